The third-order valence-electron chi connectivity index (χ3n) is 2.84. The Hall–Kier alpha value is -2.96. The maximum absolute atomic E-state index is 5.32. The fourth-order valence-electron chi connectivity index (χ4n) is 1.89. The zero-order chi connectivity index (χ0) is 13.4. The highest BCUT2D eigenvalue weighted by molar-refractivity contribution is 5.62. The van der Waals surface area contributed by atoms with Crippen LogP contribution in [0.2, 0.25) is 0 Å². The summed E-state index contributed by atoms with van der Waals surface area (Å²) in [6, 6.07) is 5.47. The lowest BCUT2D eigenvalue weighted by atomic mass is 10.2. The molecule has 1 aliphatic heterocycles. The van der Waals surface area contributed by atoms with E-state index in [-0.39, 0.29) is 6.79 Å². The number of benzene rings is 1. The van der Waals surface area contributed by atoms with Crippen LogP contribution in [0.4, 0.5) is 0 Å². The van der Waals surface area contributed by atoms with Crippen LogP contribution in [0.1, 0.15) is 0 Å². The highest BCUT2D eigenvalue weighted by Gasteiger charge is 2.17. The van der Waals surface area contributed by atoms with E-state index >= 15 is 0 Å². The molecule has 0 atom stereocenters. The maximum Gasteiger partial charge on any atom is 0.278 e. The lowest BCUT2D eigenvalue weighted by Gasteiger charge is -1.97. The van der Waals surface area contributed by atoms with Gasteiger partial charge in [0.05, 0.1) is 6.20 Å². The van der Waals surface area contributed by atoms with Gasteiger partial charge in [-0.1, -0.05) is 5.16 Å². The summed E-state index contributed by atoms with van der Waals surface area (Å²) in [5.41, 5.74) is 1.32. The zero-order valence-corrected chi connectivity index (χ0v) is 10.2. The molecule has 98 valence electrons. The second-order valence-corrected chi connectivity index (χ2v) is 4.08. The fourth-order valence-corrected chi connectivity index (χ4v) is 1.89. The first-order chi connectivity index (χ1) is 9.90. The Labute approximate surface area is 113 Å². The SMILES string of the molecule is c1cnc(-c2nc(-c3ccc4c(c3)OCO4)no2)cn1. The van der Waals surface area contributed by atoms with E-state index in [2.05, 4.69) is 20.1 Å². The number of nitrogens with zero attached hydrogens (tertiary/aromatic N) is 4. The number of hydrogen-bond donors (Lipinski definition) is 0. The Kier molecular flexibility index (Phi) is 2.35. The third kappa shape index (κ3) is 1.76. The summed E-state index contributed by atoms with van der Waals surface area (Å²) in [5.74, 6) is 2.18. The number of fused-ring (bicyclic) bond motifs is 1. The minimum absolute atomic E-state index is 0.232. The largest absolute Gasteiger partial charge is 0.454 e. The van der Waals surface area contributed by atoms with E-state index in [1.54, 1.807) is 18.6 Å². The standard InChI is InChI=1S/C13H8N4O3/c1-2-10-11(19-7-18-10)5-8(1)12-16-13(20-17-12)9-6-14-3-4-15-9/h1-6H,7H2. The molecule has 0 fully saturated rings. The Morgan fingerprint density at radius 1 is 1.05 bits per heavy atom. The van der Waals surface area contributed by atoms with Crippen molar-refractivity contribution in [2.24, 2.45) is 0 Å². The molecular formula is C13H8N4O3. The number of hydrogen-bond acceptors (Lipinski definition) is 7. The lowest BCUT2D eigenvalue weighted by Crippen LogP contribution is -1.92. The topological polar surface area (TPSA) is 83.2 Å². The molecule has 2 aromatic heterocycles. The van der Waals surface area contributed by atoms with Crippen molar-refractivity contribution in [2.75, 3.05) is 6.79 Å². The summed E-state index contributed by atoms with van der Waals surface area (Å²) in [6.07, 6.45) is 4.72. The van der Waals surface area contributed by atoms with E-state index in [0.29, 0.717) is 28.9 Å². The van der Waals surface area contributed by atoms with Crippen molar-refractivity contribution in [3.05, 3.63) is 36.8 Å². The van der Waals surface area contributed by atoms with Crippen molar-refractivity contribution in [1.29, 1.82) is 0 Å². The van der Waals surface area contributed by atoms with Gasteiger partial charge < -0.3 is 14.0 Å². The normalized spacial score (nSPS) is 12.6. The molecule has 0 spiro atoms. The van der Waals surface area contributed by atoms with Crippen LogP contribution in [0.5, 0.6) is 11.5 Å². The van der Waals surface area contributed by atoms with E-state index in [4.69, 9.17) is 14.0 Å². The van der Waals surface area contributed by atoms with Crippen LogP contribution in [-0.4, -0.2) is 26.9 Å². The van der Waals surface area contributed by atoms with Gasteiger partial charge in [-0.05, 0) is 18.2 Å². The molecule has 1 aromatic carbocycles. The molecule has 20 heavy (non-hydrogen) atoms. The van der Waals surface area contributed by atoms with Crippen molar-refractivity contribution in [2.45, 2.75) is 0 Å². The molecule has 0 bridgehead atoms. The summed E-state index contributed by atoms with van der Waals surface area (Å²) < 4.78 is 15.8. The second-order valence-electron chi connectivity index (χ2n) is 4.08. The van der Waals surface area contributed by atoms with Gasteiger partial charge in [-0.15, -0.1) is 0 Å². The average molecular weight is 268 g/mol. The molecule has 0 N–H and O–H groups in total. The van der Waals surface area contributed by atoms with Crippen molar-refractivity contribution in [1.82, 2.24) is 20.1 Å². The van der Waals surface area contributed by atoms with Crippen molar-refractivity contribution >= 4 is 0 Å². The molecule has 4 rings (SSSR count). The van der Waals surface area contributed by atoms with Crippen molar-refractivity contribution < 1.29 is 14.0 Å². The Morgan fingerprint density at radius 2 is 2.00 bits per heavy atom. The Morgan fingerprint density at radius 3 is 2.90 bits per heavy atom. The van der Waals surface area contributed by atoms with Gasteiger partial charge in [0.15, 0.2) is 11.5 Å². The molecule has 0 saturated heterocycles. The summed E-state index contributed by atoms with van der Waals surface area (Å²) >= 11 is 0. The summed E-state index contributed by atoms with van der Waals surface area (Å²) in [5, 5.41) is 3.94. The smallest absolute Gasteiger partial charge is 0.278 e. The highest BCUT2D eigenvalue weighted by atomic mass is 16.7. The molecule has 3 heterocycles. The van der Waals surface area contributed by atoms with E-state index in [0.717, 1.165) is 5.56 Å². The molecular weight excluding hydrogens is 260 g/mol. The minimum Gasteiger partial charge on any atom is -0.454 e. The van der Waals surface area contributed by atoms with Crippen LogP contribution < -0.4 is 9.47 Å². The molecule has 0 unspecified atom stereocenters. The van der Waals surface area contributed by atoms with Crippen molar-refractivity contribution in [3.8, 4) is 34.5 Å². The molecule has 0 amide bonds. The predicted molar refractivity (Wildman–Crippen MR) is 66.9 cm³/mol. The molecule has 1 aliphatic rings. The van der Waals surface area contributed by atoms with Crippen LogP contribution in [-0.2, 0) is 0 Å². The molecule has 0 saturated carbocycles. The van der Waals surface area contributed by atoms with Gasteiger partial charge in [0, 0.05) is 18.0 Å². The van der Waals surface area contributed by atoms with Gasteiger partial charge in [-0.2, -0.15) is 4.98 Å². The Balaban J connectivity index is 1.72. The van der Waals surface area contributed by atoms with Gasteiger partial charge in [0.2, 0.25) is 12.6 Å². The lowest BCUT2D eigenvalue weighted by molar-refractivity contribution is 0.174. The first kappa shape index (κ1) is 10.9. The van der Waals surface area contributed by atoms with E-state index in [1.807, 2.05) is 18.2 Å². The van der Waals surface area contributed by atoms with Gasteiger partial charge >= 0.3 is 0 Å². The number of rotatable bonds is 2. The first-order valence-corrected chi connectivity index (χ1v) is 5.90. The minimum atomic E-state index is 0.232. The summed E-state index contributed by atoms with van der Waals surface area (Å²) in [7, 11) is 0. The first-order valence-electron chi connectivity index (χ1n) is 5.90. The summed E-state index contributed by atoms with van der Waals surface area (Å²) in [6.45, 7) is 0.232. The molecule has 0 radical (unpaired) electrons. The van der Waals surface area contributed by atoms with Crippen LogP contribution in [0.15, 0.2) is 41.3 Å². The summed E-state index contributed by atoms with van der Waals surface area (Å²) in [4.78, 5) is 12.4. The second kappa shape index (κ2) is 4.30. The Bertz CT molecular complexity index is 757. The van der Waals surface area contributed by atoms with Gasteiger partial charge in [-0.3, -0.25) is 4.98 Å². The van der Waals surface area contributed by atoms with Crippen LogP contribution in [0.3, 0.4) is 0 Å². The number of aromatic nitrogens is 4. The molecule has 0 aliphatic carbocycles. The van der Waals surface area contributed by atoms with Crippen LogP contribution >= 0.6 is 0 Å². The maximum atomic E-state index is 5.32. The third-order valence-corrected chi connectivity index (χ3v) is 2.84. The molecule has 7 nitrogen and oxygen atoms in total. The van der Waals surface area contributed by atoms with Gasteiger partial charge in [0.1, 0.15) is 5.69 Å². The quantitative estimate of drug-likeness (QED) is 0.702. The van der Waals surface area contributed by atoms with Crippen LogP contribution in [0, 0.1) is 0 Å². The van der Waals surface area contributed by atoms with E-state index < -0.39 is 0 Å². The van der Waals surface area contributed by atoms with E-state index in [9.17, 15) is 0 Å². The predicted octanol–water partition coefficient (Wildman–Crippen LogP) is 1.92. The van der Waals surface area contributed by atoms with Crippen LogP contribution in [0.25, 0.3) is 23.0 Å². The number of ether oxygens (including phenoxy) is 2. The van der Waals surface area contributed by atoms with E-state index in [1.165, 1.54) is 0 Å². The van der Waals surface area contributed by atoms with Gasteiger partial charge in [-0.25, -0.2) is 4.98 Å². The van der Waals surface area contributed by atoms with Gasteiger partial charge in [0.25, 0.3) is 5.89 Å². The highest BCUT2D eigenvalue weighted by Crippen LogP contribution is 2.35. The van der Waals surface area contributed by atoms with Crippen molar-refractivity contribution in [3.63, 3.8) is 0 Å². The average Bonchev–Trinajstić information content (AvgIpc) is 3.16. The zero-order valence-electron chi connectivity index (χ0n) is 10.2. The fraction of sp³-hybridized carbons (Fsp3) is 0.0769. The molecule has 7 heteroatoms. The monoisotopic (exact) mass is 268 g/mol. The molecule has 3 aromatic rings.